The second kappa shape index (κ2) is 12.1. The molecule has 0 aliphatic rings. The molecule has 0 spiro atoms. The number of hydrogen-bond donors (Lipinski definition) is 0. The van der Waals surface area contributed by atoms with Gasteiger partial charge in [0, 0.05) is 5.39 Å². The minimum Gasteiger partial charge on any atom is -0.206 e. The third-order valence-electron chi connectivity index (χ3n) is 6.96. The van der Waals surface area contributed by atoms with Crippen molar-refractivity contribution in [3.63, 3.8) is 0 Å². The van der Waals surface area contributed by atoms with E-state index in [1.54, 1.807) is 18.2 Å². The van der Waals surface area contributed by atoms with Crippen LogP contribution in [-0.4, -0.2) is 0 Å². The van der Waals surface area contributed by atoms with Gasteiger partial charge in [0.2, 0.25) is 0 Å². The van der Waals surface area contributed by atoms with Crippen LogP contribution in [0.2, 0.25) is 0 Å². The fourth-order valence-corrected chi connectivity index (χ4v) is 4.80. The van der Waals surface area contributed by atoms with Gasteiger partial charge < -0.3 is 0 Å². The topological polar surface area (TPSA) is 0 Å². The van der Waals surface area contributed by atoms with Crippen LogP contribution in [0.4, 0.5) is 26.3 Å². The van der Waals surface area contributed by atoms with Crippen LogP contribution in [0, 0.1) is 17.5 Å². The molecule has 6 heteroatoms. The molecule has 0 radical (unpaired) electrons. The van der Waals surface area contributed by atoms with Crippen LogP contribution >= 0.6 is 0 Å². The minimum absolute atomic E-state index is 0.00385. The molecule has 0 atom stereocenters. The van der Waals surface area contributed by atoms with E-state index in [1.165, 1.54) is 30.4 Å². The van der Waals surface area contributed by atoms with Crippen molar-refractivity contribution < 1.29 is 26.3 Å². The molecule has 0 aliphatic carbocycles. The van der Waals surface area contributed by atoms with Crippen molar-refractivity contribution in [3.8, 4) is 0 Å². The van der Waals surface area contributed by atoms with Crippen molar-refractivity contribution in [3.05, 3.63) is 118 Å². The molecule has 4 aromatic carbocycles. The summed E-state index contributed by atoms with van der Waals surface area (Å²) in [5.41, 5.74) is 2.16. The molecule has 0 amide bonds. The van der Waals surface area contributed by atoms with Gasteiger partial charge in [-0.05, 0) is 83.9 Å². The lowest BCUT2D eigenvalue weighted by molar-refractivity contribution is -0.142. The number of unbranched alkanes of at least 4 members (excludes halogenated alkanes) is 2. The van der Waals surface area contributed by atoms with Gasteiger partial charge in [0.15, 0.2) is 0 Å². The standard InChI is InChI=1S/C32H30F6/c1-2-3-4-5-21-6-8-22(9-7-21)10-11-23-13-17-27-26(18-23)16-15-25(31(27)35)14-12-24-19-28(33)30(29(34)20-24)32(36,37)38/h6-9,13,15-20H,2-5,10-12,14H2,1H3. The fourth-order valence-electron chi connectivity index (χ4n) is 4.80. The Morgan fingerprint density at radius 1 is 0.579 bits per heavy atom. The van der Waals surface area contributed by atoms with E-state index in [1.807, 2.05) is 12.1 Å². The SMILES string of the molecule is CCCCCc1ccc(CCc2ccc3c(F)c(CCc4cc(F)c(C(F)(F)F)c(F)c4)ccc3c2)cc1. The zero-order valence-electron chi connectivity index (χ0n) is 21.3. The van der Waals surface area contributed by atoms with Crippen LogP contribution in [0.1, 0.15) is 59.6 Å². The summed E-state index contributed by atoms with van der Waals surface area (Å²) in [6, 6.07) is 19.1. The summed E-state index contributed by atoms with van der Waals surface area (Å²) in [4.78, 5) is 0. The molecule has 0 unspecified atom stereocenters. The first-order valence-electron chi connectivity index (χ1n) is 13.0. The van der Waals surface area contributed by atoms with E-state index < -0.39 is 29.2 Å². The first kappa shape index (κ1) is 27.7. The number of fused-ring (bicyclic) bond motifs is 1. The molecule has 0 aromatic heterocycles. The maximum absolute atomic E-state index is 15.2. The van der Waals surface area contributed by atoms with Gasteiger partial charge in [0.05, 0.1) is 0 Å². The quantitative estimate of drug-likeness (QED) is 0.142. The number of benzene rings is 4. The van der Waals surface area contributed by atoms with Gasteiger partial charge in [0.1, 0.15) is 23.0 Å². The molecule has 0 aliphatic heterocycles. The van der Waals surface area contributed by atoms with Gasteiger partial charge in [-0.25, -0.2) is 13.2 Å². The fraction of sp³-hybridized carbons (Fsp3) is 0.312. The maximum atomic E-state index is 15.2. The lowest BCUT2D eigenvalue weighted by Crippen LogP contribution is -2.12. The number of alkyl halides is 3. The highest BCUT2D eigenvalue weighted by atomic mass is 19.4. The summed E-state index contributed by atoms with van der Waals surface area (Å²) in [7, 11) is 0. The van der Waals surface area contributed by atoms with Gasteiger partial charge in [0.25, 0.3) is 0 Å². The minimum atomic E-state index is -5.12. The number of aryl methyl sites for hydroxylation is 5. The molecule has 0 heterocycles. The van der Waals surface area contributed by atoms with Crippen LogP contribution in [0.15, 0.2) is 66.7 Å². The van der Waals surface area contributed by atoms with Gasteiger partial charge in [-0.3, -0.25) is 0 Å². The predicted molar refractivity (Wildman–Crippen MR) is 140 cm³/mol. The van der Waals surface area contributed by atoms with Gasteiger partial charge in [-0.1, -0.05) is 74.4 Å². The van der Waals surface area contributed by atoms with Crippen molar-refractivity contribution in [2.75, 3.05) is 0 Å². The third kappa shape index (κ3) is 6.77. The Balaban J connectivity index is 1.40. The molecule has 0 saturated heterocycles. The van der Waals surface area contributed by atoms with Crippen molar-refractivity contribution in [1.82, 2.24) is 0 Å². The Morgan fingerprint density at radius 3 is 1.79 bits per heavy atom. The Bertz CT molecular complexity index is 1360. The smallest absolute Gasteiger partial charge is 0.206 e. The summed E-state index contributed by atoms with van der Waals surface area (Å²) in [5, 5.41) is 1.19. The normalized spacial score (nSPS) is 11.9. The molecule has 4 aromatic rings. The summed E-state index contributed by atoms with van der Waals surface area (Å²) in [6.45, 7) is 2.20. The second-order valence-corrected chi connectivity index (χ2v) is 9.80. The molecule has 38 heavy (non-hydrogen) atoms. The van der Waals surface area contributed by atoms with Crippen molar-refractivity contribution >= 4 is 10.8 Å². The van der Waals surface area contributed by atoms with Crippen LogP contribution in [0.5, 0.6) is 0 Å². The zero-order valence-corrected chi connectivity index (χ0v) is 21.3. The summed E-state index contributed by atoms with van der Waals surface area (Å²) in [5.74, 6) is -3.76. The van der Waals surface area contributed by atoms with Gasteiger partial charge in [-0.2, -0.15) is 13.2 Å². The van der Waals surface area contributed by atoms with E-state index in [0.29, 0.717) is 23.1 Å². The first-order chi connectivity index (χ1) is 18.2. The van der Waals surface area contributed by atoms with E-state index in [2.05, 4.69) is 31.2 Å². The third-order valence-corrected chi connectivity index (χ3v) is 6.96. The van der Waals surface area contributed by atoms with Gasteiger partial charge >= 0.3 is 6.18 Å². The highest BCUT2D eigenvalue weighted by Gasteiger charge is 2.37. The lowest BCUT2D eigenvalue weighted by Gasteiger charge is -2.12. The molecule has 0 fully saturated rings. The Labute approximate surface area is 219 Å². The summed E-state index contributed by atoms with van der Waals surface area (Å²) >= 11 is 0. The molecule has 0 nitrogen and oxygen atoms in total. The number of halogens is 6. The molecule has 200 valence electrons. The molecule has 0 N–H and O–H groups in total. The van der Waals surface area contributed by atoms with E-state index in [4.69, 9.17) is 0 Å². The lowest BCUT2D eigenvalue weighted by atomic mass is 9.96. The highest BCUT2D eigenvalue weighted by Crippen LogP contribution is 2.34. The van der Waals surface area contributed by atoms with Crippen molar-refractivity contribution in [2.24, 2.45) is 0 Å². The Kier molecular flexibility index (Phi) is 8.80. The summed E-state index contributed by atoms with van der Waals surface area (Å²) < 4.78 is 81.3. The molecular formula is C32H30F6. The predicted octanol–water partition coefficient (Wildman–Crippen LogP) is 9.58. The van der Waals surface area contributed by atoms with Gasteiger partial charge in [-0.15, -0.1) is 0 Å². The molecule has 0 saturated carbocycles. The second-order valence-electron chi connectivity index (χ2n) is 9.80. The molecular weight excluding hydrogens is 498 g/mol. The van der Waals surface area contributed by atoms with E-state index in [9.17, 15) is 22.0 Å². The summed E-state index contributed by atoms with van der Waals surface area (Å²) in [6.07, 6.45) is 1.44. The highest BCUT2D eigenvalue weighted by molar-refractivity contribution is 5.84. The van der Waals surface area contributed by atoms with Crippen molar-refractivity contribution in [2.45, 2.75) is 64.5 Å². The first-order valence-corrected chi connectivity index (χ1v) is 13.0. The zero-order chi connectivity index (χ0) is 27.3. The van der Waals surface area contributed by atoms with Crippen LogP contribution in [-0.2, 0) is 38.3 Å². The van der Waals surface area contributed by atoms with E-state index >= 15 is 4.39 Å². The van der Waals surface area contributed by atoms with Crippen molar-refractivity contribution in [1.29, 1.82) is 0 Å². The molecule has 0 bridgehead atoms. The largest absolute Gasteiger partial charge is 0.422 e. The van der Waals surface area contributed by atoms with E-state index in [-0.39, 0.29) is 18.4 Å². The average Bonchev–Trinajstić information content (AvgIpc) is 2.87. The Morgan fingerprint density at radius 2 is 1.16 bits per heavy atom. The monoisotopic (exact) mass is 528 g/mol. The van der Waals surface area contributed by atoms with E-state index in [0.717, 1.165) is 30.2 Å². The Hall–Kier alpha value is -3.28. The number of hydrogen-bond acceptors (Lipinski definition) is 0. The van der Waals surface area contributed by atoms with Crippen LogP contribution < -0.4 is 0 Å². The van der Waals surface area contributed by atoms with Crippen LogP contribution in [0.25, 0.3) is 10.8 Å². The average molecular weight is 529 g/mol. The van der Waals surface area contributed by atoms with Crippen LogP contribution in [0.3, 0.4) is 0 Å². The molecule has 4 rings (SSSR count). The number of rotatable bonds is 10. The maximum Gasteiger partial charge on any atom is 0.422 e.